The molecule has 676 valence electrons. The molecule has 145 heavy (non-hydrogen) atoms. The van der Waals surface area contributed by atoms with Crippen molar-refractivity contribution >= 4 is 236 Å². The summed E-state index contributed by atoms with van der Waals surface area (Å²) in [7, 11) is 0. The maximum atomic E-state index is 5.13. The Morgan fingerprint density at radius 1 is 0.138 bits per heavy atom. The molecule has 0 amide bonds. The first-order chi connectivity index (χ1) is 71.9. The van der Waals surface area contributed by atoms with Crippen LogP contribution in [0.1, 0.15) is 0 Å². The van der Waals surface area contributed by atoms with Crippen LogP contribution in [0.25, 0.3) is 281 Å². The molecule has 0 aliphatic rings. The lowest BCUT2D eigenvalue weighted by Crippen LogP contribution is -1.96. The molecule has 0 aliphatic carbocycles. The quantitative estimate of drug-likeness (QED) is 0.135. The highest BCUT2D eigenvalue weighted by molar-refractivity contribution is 7.27. The van der Waals surface area contributed by atoms with Crippen molar-refractivity contribution < 1.29 is 0 Å². The maximum absolute atomic E-state index is 5.13. The Morgan fingerprint density at radius 2 is 0.414 bits per heavy atom. The molecule has 10 heterocycles. The summed E-state index contributed by atoms with van der Waals surface area (Å²) < 4.78 is 22.7. The van der Waals surface area contributed by atoms with Gasteiger partial charge in [0.25, 0.3) is 0 Å². The Balaban J connectivity index is 0.000000101. The molecule has 0 saturated heterocycles. The van der Waals surface area contributed by atoms with Gasteiger partial charge in [0.2, 0.25) is 0 Å². The molecule has 0 fully saturated rings. The van der Waals surface area contributed by atoms with E-state index in [1.165, 1.54) is 236 Å². The van der Waals surface area contributed by atoms with Crippen LogP contribution >= 0.6 is 34.0 Å². The molecule has 22 aromatic carbocycles. The predicted octanol–water partition coefficient (Wildman–Crippen LogP) is 38.0. The van der Waals surface area contributed by atoms with E-state index in [2.05, 4.69) is 525 Å². The van der Waals surface area contributed by atoms with E-state index in [9.17, 15) is 0 Å². The lowest BCUT2D eigenvalue weighted by atomic mass is 10.00. The number of thiophene rings is 3. The van der Waals surface area contributed by atoms with Gasteiger partial charge in [-0.15, -0.1) is 34.0 Å². The van der Waals surface area contributed by atoms with E-state index in [-0.39, 0.29) is 0 Å². The molecule has 0 unspecified atom stereocenters. The molecule has 32 aromatic rings. The normalized spacial score (nSPS) is 12.0. The van der Waals surface area contributed by atoms with E-state index in [0.717, 1.165) is 45.1 Å². The van der Waals surface area contributed by atoms with Gasteiger partial charge >= 0.3 is 0 Å². The van der Waals surface area contributed by atoms with Crippen molar-refractivity contribution in [1.29, 1.82) is 0 Å². The standard InChI is InChI=1S/C47H29N3S.C46H28N2S.C42H26N2S/c1-4-13-30(14-5-1)39-20-12-21-40(48-39)31-23-24-34-37-28-38-44(29-43(37)50(42(34)27-31)33-17-8-3-9-18-33)49(32-15-6-2-7-16-32)41-26-25-36-35-19-10-11-22-45(35)51-47(36)46(38)41;1-3-13-33(14-4-1)47-40-24-23-37-36-17-9-10-18-44(36)49-46(37)45(40)39-27-38-35-22-21-32(31-20-19-29-11-7-8-12-30(29)25-31)26-41(35)48(42(38)28-43(39)47)34-15-5-2-6-16-34;1-4-12-27(13-5-1)28-20-22-36-33(24-28)34-25-35-39(26-38(34)43(36)29-14-6-2-7-15-29)44(30-16-8-3-9-17-30)37-23-21-32-31-18-10-11-19-40(31)45-42(32)41(35)37/h1-29H;1-28H;1-26H. The van der Waals surface area contributed by atoms with Crippen LogP contribution in [0.3, 0.4) is 0 Å². The molecule has 7 nitrogen and oxygen atoms in total. The Bertz CT molecular complexity index is 10900. The number of nitrogens with zero attached hydrogens (tertiary/aromatic N) is 7. The second-order valence-electron chi connectivity index (χ2n) is 37.9. The number of benzene rings is 22. The van der Waals surface area contributed by atoms with Crippen molar-refractivity contribution in [2.75, 3.05) is 0 Å². The van der Waals surface area contributed by atoms with E-state index in [1.54, 1.807) is 0 Å². The zero-order valence-corrected chi connectivity index (χ0v) is 80.7. The molecule has 0 radical (unpaired) electrons. The average molecular weight is 1900 g/mol. The molecule has 0 spiro atoms. The third kappa shape index (κ3) is 13.1. The number of rotatable bonds is 10. The fourth-order valence-electron chi connectivity index (χ4n) is 23.4. The SMILES string of the molecule is c1ccc(-c2ccc3c(c2)c2cc4c5c6sc7ccccc7c6ccc5n(-c5ccccc5)c4cc2n3-c2ccccc2)cc1.c1ccc(-c2cccc(-c3ccc4c5cc6c7c8sc9ccccc9c8ccc7n(-c7ccccc7)c6cc5n(-c5ccccc5)c4c3)n2)cc1.c1ccc(-n2c3cc(-c4ccc5ccccc5c4)ccc3c3cc4c5c6sc7ccccc7c6ccc5n(-c5ccccc5)c4cc32)cc1. The summed E-state index contributed by atoms with van der Waals surface area (Å²) in [6.07, 6.45) is 0. The van der Waals surface area contributed by atoms with E-state index >= 15 is 0 Å². The maximum Gasteiger partial charge on any atom is 0.0710 e. The summed E-state index contributed by atoms with van der Waals surface area (Å²) in [4.78, 5) is 5.13. The van der Waals surface area contributed by atoms with E-state index in [4.69, 9.17) is 4.98 Å². The molecular formula is C135H83N7S3. The lowest BCUT2D eigenvalue weighted by molar-refractivity contribution is 1.16. The van der Waals surface area contributed by atoms with Crippen LogP contribution in [0.15, 0.2) is 504 Å². The number of hydrogen-bond donors (Lipinski definition) is 0. The van der Waals surface area contributed by atoms with Crippen LogP contribution in [-0.2, 0) is 0 Å². The van der Waals surface area contributed by atoms with Crippen LogP contribution in [0.2, 0.25) is 0 Å². The van der Waals surface area contributed by atoms with Gasteiger partial charge in [-0.25, -0.2) is 4.98 Å². The van der Waals surface area contributed by atoms with Gasteiger partial charge in [0.1, 0.15) is 0 Å². The number of aromatic nitrogens is 7. The molecule has 0 saturated carbocycles. The molecule has 32 rings (SSSR count). The van der Waals surface area contributed by atoms with Gasteiger partial charge in [0.15, 0.2) is 0 Å². The zero-order valence-electron chi connectivity index (χ0n) is 78.3. The van der Waals surface area contributed by atoms with Gasteiger partial charge in [-0.3, -0.25) is 0 Å². The first-order valence-electron chi connectivity index (χ1n) is 49.4. The summed E-state index contributed by atoms with van der Waals surface area (Å²) >= 11 is 5.71. The van der Waals surface area contributed by atoms with Crippen molar-refractivity contribution in [1.82, 2.24) is 32.4 Å². The average Bonchev–Trinajstić information content (AvgIpc) is 1.55. The van der Waals surface area contributed by atoms with Gasteiger partial charge < -0.3 is 27.4 Å². The third-order valence-corrected chi connectivity index (χ3v) is 33.5. The number of para-hydroxylation sites is 6. The summed E-state index contributed by atoms with van der Waals surface area (Å²) in [5, 5.41) is 25.8. The minimum Gasteiger partial charge on any atom is -0.309 e. The number of hydrogen-bond acceptors (Lipinski definition) is 4. The van der Waals surface area contributed by atoms with Gasteiger partial charge in [-0.05, 0) is 221 Å². The number of fused-ring (bicyclic) bond motifs is 31. The Hall–Kier alpha value is -18.3. The second-order valence-corrected chi connectivity index (χ2v) is 41.0. The van der Waals surface area contributed by atoms with Crippen molar-refractivity contribution in [2.24, 2.45) is 0 Å². The fraction of sp³-hybridized carbons (Fsp3) is 0. The summed E-state index contributed by atoms with van der Waals surface area (Å²) in [5.41, 5.74) is 30.5. The highest BCUT2D eigenvalue weighted by Crippen LogP contribution is 2.52. The summed E-state index contributed by atoms with van der Waals surface area (Å²) in [6.45, 7) is 0. The highest BCUT2D eigenvalue weighted by atomic mass is 32.1. The first-order valence-corrected chi connectivity index (χ1v) is 51.9. The van der Waals surface area contributed by atoms with Gasteiger partial charge in [-0.1, -0.05) is 315 Å². The van der Waals surface area contributed by atoms with E-state index < -0.39 is 0 Å². The van der Waals surface area contributed by atoms with Crippen molar-refractivity contribution in [2.45, 2.75) is 0 Å². The van der Waals surface area contributed by atoms with Crippen molar-refractivity contribution in [3.8, 4) is 78.9 Å². The van der Waals surface area contributed by atoms with E-state index in [1.807, 2.05) is 40.1 Å². The Morgan fingerprint density at radius 3 is 0.834 bits per heavy atom. The minimum atomic E-state index is 0.960. The van der Waals surface area contributed by atoms with Crippen LogP contribution in [0.4, 0.5) is 0 Å². The monoisotopic (exact) mass is 1900 g/mol. The van der Waals surface area contributed by atoms with Crippen molar-refractivity contribution in [3.05, 3.63) is 504 Å². The van der Waals surface area contributed by atoms with E-state index in [0.29, 0.717) is 0 Å². The molecule has 0 N–H and O–H groups in total. The third-order valence-electron chi connectivity index (χ3n) is 29.9. The molecular weight excluding hydrogens is 1820 g/mol. The smallest absolute Gasteiger partial charge is 0.0710 e. The molecule has 0 atom stereocenters. The van der Waals surface area contributed by atoms with Crippen molar-refractivity contribution in [3.63, 3.8) is 0 Å². The molecule has 0 aliphatic heterocycles. The van der Waals surface area contributed by atoms with Crippen LogP contribution in [0.5, 0.6) is 0 Å². The van der Waals surface area contributed by atoms with Gasteiger partial charge in [-0.2, -0.15) is 0 Å². The van der Waals surface area contributed by atoms with Gasteiger partial charge in [0.05, 0.1) is 77.6 Å². The second kappa shape index (κ2) is 33.2. The zero-order chi connectivity index (χ0) is 95.0. The minimum absolute atomic E-state index is 0.960. The largest absolute Gasteiger partial charge is 0.309 e. The Kier molecular flexibility index (Phi) is 18.9. The predicted molar refractivity (Wildman–Crippen MR) is 621 cm³/mol. The summed E-state index contributed by atoms with van der Waals surface area (Å²) in [6, 6.07) is 183. The molecule has 10 aromatic heterocycles. The van der Waals surface area contributed by atoms with Crippen LogP contribution in [0, 0.1) is 0 Å². The topological polar surface area (TPSA) is 42.5 Å². The molecule has 0 bridgehead atoms. The van der Waals surface area contributed by atoms with Gasteiger partial charge in [0, 0.05) is 170 Å². The lowest BCUT2D eigenvalue weighted by Gasteiger charge is -2.10. The van der Waals surface area contributed by atoms with Crippen LogP contribution in [-0.4, -0.2) is 32.4 Å². The summed E-state index contributed by atoms with van der Waals surface area (Å²) in [5.74, 6) is 0. The van der Waals surface area contributed by atoms with Crippen LogP contribution < -0.4 is 0 Å². The molecule has 10 heteroatoms. The highest BCUT2D eigenvalue weighted by Gasteiger charge is 2.28. The number of pyridine rings is 1. The first kappa shape index (κ1) is 82.6. The fourth-order valence-corrected chi connectivity index (χ4v) is 27.2. The Labute approximate surface area is 844 Å².